The Balaban J connectivity index is -0.000000720. The van der Waals surface area contributed by atoms with E-state index >= 15 is 0 Å². The van der Waals surface area contributed by atoms with E-state index in [2.05, 4.69) is 0 Å². The van der Waals surface area contributed by atoms with Crippen LogP contribution >= 0.6 is 0 Å². The number of hydrogen-bond acceptors (Lipinski definition) is 7. The third-order valence-corrected chi connectivity index (χ3v) is 1.25. The van der Waals surface area contributed by atoms with Gasteiger partial charge in [0.1, 0.15) is 5.60 Å². The van der Waals surface area contributed by atoms with Crippen LogP contribution < -0.4 is 66.7 Å². The Kier molecular flexibility index (Phi) is 12.7. The Morgan fingerprint density at radius 1 is 1.00 bits per heavy atom. The Labute approximate surface area is 146 Å². The maximum atomic E-state index is 10.1. The molecule has 0 radical (unpaired) electrons. The zero-order valence-electron chi connectivity index (χ0n) is 7.81. The third-order valence-electron chi connectivity index (χ3n) is 1.25. The molecule has 0 unspecified atom stereocenters. The van der Waals surface area contributed by atoms with Crippen LogP contribution in [0.3, 0.4) is 0 Å². The minimum atomic E-state index is -2.97. The van der Waals surface area contributed by atoms with Crippen LogP contribution in [-0.4, -0.2) is 28.6 Å². The van der Waals surface area contributed by atoms with Crippen molar-refractivity contribution in [1.82, 2.24) is 0 Å². The second-order valence-corrected chi connectivity index (χ2v) is 2.42. The number of carbonyl (C=O) groups is 3. The Morgan fingerprint density at radius 3 is 1.40 bits per heavy atom. The summed E-state index contributed by atoms with van der Waals surface area (Å²) in [5.74, 6) is -5.98. The predicted octanol–water partition coefficient (Wildman–Crippen LogP) is -8.25. The molecule has 0 saturated carbocycles. The summed E-state index contributed by atoms with van der Waals surface area (Å²) in [5.41, 5.74) is -2.97. The van der Waals surface area contributed by atoms with Crippen molar-refractivity contribution < 1.29 is 112 Å². The summed E-state index contributed by atoms with van der Waals surface area (Å²) in [4.78, 5) is 30.0. The SMILES string of the molecule is O=C([O-])CC(O)(CC(=O)[O-])C(=O)[O-].[K+].[Zr+2]. The van der Waals surface area contributed by atoms with Crippen molar-refractivity contribution in [2.75, 3.05) is 0 Å². The molecule has 7 nitrogen and oxygen atoms in total. The second kappa shape index (κ2) is 8.98. The number of carboxylic acid groups (broad SMARTS) is 3. The fourth-order valence-electron chi connectivity index (χ4n) is 0.684. The first-order chi connectivity index (χ1) is 5.78. The zero-order chi connectivity index (χ0) is 10.6. The maximum absolute atomic E-state index is 10.1. The first-order valence-electron chi connectivity index (χ1n) is 3.11. The minimum Gasteiger partial charge on any atom is -0.550 e. The number of carboxylic acids is 3. The van der Waals surface area contributed by atoms with Gasteiger partial charge in [-0.15, -0.1) is 0 Å². The quantitative estimate of drug-likeness (QED) is 0.496. The van der Waals surface area contributed by atoms with E-state index in [0.29, 0.717) is 0 Å². The Morgan fingerprint density at radius 2 is 1.27 bits per heavy atom. The van der Waals surface area contributed by atoms with Crippen LogP contribution in [0, 0.1) is 0 Å². The molecule has 0 aromatic carbocycles. The molecule has 0 spiro atoms. The number of hydrogen-bond donors (Lipinski definition) is 1. The van der Waals surface area contributed by atoms with Crippen LogP contribution in [0.1, 0.15) is 12.8 Å². The predicted molar refractivity (Wildman–Crippen MR) is 29.2 cm³/mol. The summed E-state index contributed by atoms with van der Waals surface area (Å²) in [7, 11) is 0. The average molecular weight is 319 g/mol. The van der Waals surface area contributed by atoms with E-state index in [-0.39, 0.29) is 77.6 Å². The monoisotopic (exact) mass is 318 g/mol. The van der Waals surface area contributed by atoms with Crippen LogP contribution in [0.25, 0.3) is 0 Å². The molecule has 0 aromatic rings. The Bertz CT molecular complexity index is 238. The molecule has 0 amide bonds. The van der Waals surface area contributed by atoms with Gasteiger partial charge in [-0.25, -0.2) is 0 Å². The van der Waals surface area contributed by atoms with Crippen molar-refractivity contribution in [3.8, 4) is 0 Å². The number of aliphatic carboxylic acids is 3. The van der Waals surface area contributed by atoms with Crippen LogP contribution in [-0.2, 0) is 40.6 Å². The van der Waals surface area contributed by atoms with Crippen molar-refractivity contribution in [2.24, 2.45) is 0 Å². The van der Waals surface area contributed by atoms with Gasteiger partial charge in [0.05, 0.1) is 5.97 Å². The molecule has 0 aromatic heterocycles. The fraction of sp³-hybridized carbons (Fsp3) is 0.500. The molecule has 0 bridgehead atoms. The van der Waals surface area contributed by atoms with Crippen molar-refractivity contribution in [1.29, 1.82) is 0 Å². The van der Waals surface area contributed by atoms with Gasteiger partial charge in [0.2, 0.25) is 0 Å². The molecule has 0 aliphatic heterocycles. The molecule has 0 rings (SSSR count). The molecule has 0 heterocycles. The minimum absolute atomic E-state index is 0. The summed E-state index contributed by atoms with van der Waals surface area (Å²) >= 11 is 0. The molecule has 0 aliphatic rings. The van der Waals surface area contributed by atoms with Crippen LogP contribution in [0.4, 0.5) is 0 Å². The average Bonchev–Trinajstić information content (AvgIpc) is 1.82. The number of aliphatic hydroxyl groups is 1. The largest absolute Gasteiger partial charge is 2.00 e. The molecule has 0 atom stereocenters. The van der Waals surface area contributed by atoms with Crippen molar-refractivity contribution >= 4 is 17.9 Å². The van der Waals surface area contributed by atoms with E-state index in [1.165, 1.54) is 0 Å². The van der Waals surface area contributed by atoms with Crippen LogP contribution in [0.5, 0.6) is 0 Å². The van der Waals surface area contributed by atoms with Gasteiger partial charge >= 0.3 is 77.6 Å². The maximum Gasteiger partial charge on any atom is 2.00 e. The number of carbonyl (C=O) groups excluding carboxylic acids is 3. The zero-order valence-corrected chi connectivity index (χ0v) is 13.4. The standard InChI is InChI=1S/C6H8O7.K.Zr/c7-3(8)1-6(13,5(11)12)2-4(9)10;;/h13H,1-2H2,(H,7,8)(H,9,10)(H,11,12);;/q;+1;+2/p-3. The first-order valence-corrected chi connectivity index (χ1v) is 3.11. The summed E-state index contributed by atoms with van der Waals surface area (Å²) in [5, 5.41) is 38.9. The van der Waals surface area contributed by atoms with Crippen LogP contribution in [0.2, 0.25) is 0 Å². The summed E-state index contributed by atoms with van der Waals surface area (Å²) in [6, 6.07) is 0. The smallest absolute Gasteiger partial charge is 0.550 e. The van der Waals surface area contributed by atoms with Gasteiger partial charge in [-0.05, 0) is 0 Å². The molecular formula is C6H5KO7Zr. The summed E-state index contributed by atoms with van der Waals surface area (Å²) < 4.78 is 0. The first kappa shape index (κ1) is 21.2. The van der Waals surface area contributed by atoms with Gasteiger partial charge in [0.15, 0.2) is 0 Å². The van der Waals surface area contributed by atoms with Gasteiger partial charge < -0.3 is 34.8 Å². The molecule has 15 heavy (non-hydrogen) atoms. The Hall–Kier alpha value is 0.889. The summed E-state index contributed by atoms with van der Waals surface area (Å²) in [6.07, 6.45) is -2.72. The van der Waals surface area contributed by atoms with E-state index in [1.807, 2.05) is 0 Å². The van der Waals surface area contributed by atoms with Gasteiger partial charge in [-0.2, -0.15) is 0 Å². The topological polar surface area (TPSA) is 141 Å². The van der Waals surface area contributed by atoms with E-state index in [1.54, 1.807) is 0 Å². The van der Waals surface area contributed by atoms with Crippen molar-refractivity contribution in [3.05, 3.63) is 0 Å². The second-order valence-electron chi connectivity index (χ2n) is 2.42. The van der Waals surface area contributed by atoms with Gasteiger partial charge in [-0.3, -0.25) is 0 Å². The van der Waals surface area contributed by atoms with Crippen LogP contribution in [0.15, 0.2) is 0 Å². The molecular weight excluding hydrogens is 314 g/mol. The fourth-order valence-corrected chi connectivity index (χ4v) is 0.684. The third kappa shape index (κ3) is 8.67. The van der Waals surface area contributed by atoms with E-state index in [9.17, 15) is 29.7 Å². The van der Waals surface area contributed by atoms with E-state index in [4.69, 9.17) is 5.11 Å². The summed E-state index contributed by atoms with van der Waals surface area (Å²) in [6.45, 7) is 0. The van der Waals surface area contributed by atoms with Crippen molar-refractivity contribution in [3.63, 3.8) is 0 Å². The van der Waals surface area contributed by atoms with E-state index < -0.39 is 36.4 Å². The molecule has 76 valence electrons. The van der Waals surface area contributed by atoms with Gasteiger partial charge in [0.25, 0.3) is 0 Å². The molecule has 0 aliphatic carbocycles. The van der Waals surface area contributed by atoms with Gasteiger partial charge in [-0.1, -0.05) is 0 Å². The molecule has 1 N–H and O–H groups in total. The molecule has 9 heteroatoms. The normalized spacial score (nSPS) is 9.40. The van der Waals surface area contributed by atoms with Crippen molar-refractivity contribution in [2.45, 2.75) is 18.4 Å². The number of rotatable bonds is 5. The molecule has 0 saturated heterocycles. The molecule has 0 fully saturated rings. The van der Waals surface area contributed by atoms with Gasteiger partial charge in [0, 0.05) is 24.8 Å². The van der Waals surface area contributed by atoms with E-state index in [0.717, 1.165) is 0 Å².